The average Bonchev–Trinajstić information content (AvgIpc) is 2.48. The van der Waals surface area contributed by atoms with Gasteiger partial charge in [-0.3, -0.25) is 5.32 Å². The van der Waals surface area contributed by atoms with Crippen molar-refractivity contribution in [3.8, 4) is 0 Å². The zero-order valence-corrected chi connectivity index (χ0v) is 4.76. The summed E-state index contributed by atoms with van der Waals surface area (Å²) in [6.45, 7) is 3.38. The fraction of sp³-hybridized carbons (Fsp3) is 0.600. The Morgan fingerprint density at radius 2 is 2.62 bits per heavy atom. The number of likely N-dealkylation sites (N-methyl/N-ethyl adjacent to an activating group) is 1. The molecule has 8 heavy (non-hydrogen) atoms. The van der Waals surface area contributed by atoms with Crippen LogP contribution in [0.3, 0.4) is 0 Å². The molecule has 0 radical (unpaired) electrons. The molecule has 0 spiro atoms. The molecule has 1 saturated heterocycles. The van der Waals surface area contributed by atoms with E-state index in [1.807, 2.05) is 7.05 Å². The Kier molecular flexibility index (Phi) is 1.50. The van der Waals surface area contributed by atoms with Crippen LogP contribution in [0.2, 0.25) is 0 Å². The van der Waals surface area contributed by atoms with Gasteiger partial charge in [0.05, 0.1) is 6.26 Å². The average molecular weight is 115 g/mol. The van der Waals surface area contributed by atoms with Crippen LogP contribution in [0.15, 0.2) is 12.8 Å². The normalized spacial score (nSPS) is 34.1. The molecule has 1 heterocycles. The molecule has 1 aliphatic heterocycles. The van der Waals surface area contributed by atoms with Gasteiger partial charge in [-0.1, -0.05) is 6.58 Å². The van der Waals surface area contributed by atoms with Gasteiger partial charge in [0.15, 0.2) is 6.23 Å². The fourth-order valence-electron chi connectivity index (χ4n) is 0.502. The molecule has 0 saturated carbocycles. The molecule has 3 heteroatoms. The quantitative estimate of drug-likeness (QED) is 0.416. The van der Waals surface area contributed by atoms with Crippen LogP contribution in [0.4, 0.5) is 0 Å². The molecule has 0 amide bonds. The van der Waals surface area contributed by atoms with Crippen LogP contribution in [0.5, 0.6) is 0 Å². The molecule has 2 unspecified atom stereocenters. The lowest BCUT2D eigenvalue weighted by Crippen LogP contribution is -2.13. The highest BCUT2D eigenvalue weighted by molar-refractivity contribution is 4.73. The van der Waals surface area contributed by atoms with Crippen molar-refractivity contribution in [1.29, 1.82) is 0 Å². The molecule has 0 aromatic rings. The lowest BCUT2D eigenvalue weighted by Gasteiger charge is -1.88. The molecule has 0 aromatic carbocycles. The van der Waals surface area contributed by atoms with E-state index in [-0.39, 0.29) is 12.5 Å². The number of hydrogen-bond acceptors (Lipinski definition) is 3. The van der Waals surface area contributed by atoms with Gasteiger partial charge < -0.3 is 9.47 Å². The van der Waals surface area contributed by atoms with E-state index in [1.54, 1.807) is 0 Å². The van der Waals surface area contributed by atoms with E-state index in [0.29, 0.717) is 0 Å². The zero-order valence-electron chi connectivity index (χ0n) is 4.76. The highest BCUT2D eigenvalue weighted by Gasteiger charge is 2.38. The standard InChI is InChI=1S/C5H9NO2/c1-3-7-5-4(6-2)8-5/h3-6H,1H2,2H3. The second-order valence-electron chi connectivity index (χ2n) is 1.52. The monoisotopic (exact) mass is 115 g/mol. The Balaban J connectivity index is 2.07. The zero-order chi connectivity index (χ0) is 5.98. The molecule has 1 rings (SSSR count). The lowest BCUT2D eigenvalue weighted by molar-refractivity contribution is 0.131. The third kappa shape index (κ3) is 0.993. The minimum atomic E-state index is -0.0995. The van der Waals surface area contributed by atoms with Crippen molar-refractivity contribution in [1.82, 2.24) is 5.32 Å². The second-order valence-corrected chi connectivity index (χ2v) is 1.52. The summed E-state index contributed by atoms with van der Waals surface area (Å²) in [5.41, 5.74) is 0. The van der Waals surface area contributed by atoms with Crippen LogP contribution in [0.1, 0.15) is 0 Å². The first-order chi connectivity index (χ1) is 3.88. The topological polar surface area (TPSA) is 33.8 Å². The van der Waals surface area contributed by atoms with Gasteiger partial charge >= 0.3 is 0 Å². The molecule has 46 valence electrons. The van der Waals surface area contributed by atoms with Gasteiger partial charge in [-0.25, -0.2) is 0 Å². The predicted octanol–water partition coefficient (Wildman–Crippen LogP) is 0.0483. The molecule has 0 aliphatic carbocycles. The number of epoxide rings is 1. The summed E-state index contributed by atoms with van der Waals surface area (Å²) < 4.78 is 9.74. The van der Waals surface area contributed by atoms with Crippen LogP contribution < -0.4 is 5.32 Å². The second kappa shape index (κ2) is 2.15. The van der Waals surface area contributed by atoms with E-state index in [9.17, 15) is 0 Å². The largest absolute Gasteiger partial charge is 0.469 e. The summed E-state index contributed by atoms with van der Waals surface area (Å²) in [5.74, 6) is 0. The van der Waals surface area contributed by atoms with E-state index in [0.717, 1.165) is 0 Å². The molecule has 2 atom stereocenters. The van der Waals surface area contributed by atoms with E-state index >= 15 is 0 Å². The Labute approximate surface area is 48.3 Å². The molecule has 0 aromatic heterocycles. The summed E-state index contributed by atoms with van der Waals surface area (Å²) >= 11 is 0. The Bertz CT molecular complexity index is 94.4. The molecule has 1 N–H and O–H groups in total. The maximum Gasteiger partial charge on any atom is 0.240 e. The first-order valence-corrected chi connectivity index (χ1v) is 2.47. The summed E-state index contributed by atoms with van der Waals surface area (Å²) in [7, 11) is 1.82. The van der Waals surface area contributed by atoms with Gasteiger partial charge in [-0.2, -0.15) is 0 Å². The molecular weight excluding hydrogens is 106 g/mol. The van der Waals surface area contributed by atoms with Crippen molar-refractivity contribution in [2.75, 3.05) is 7.05 Å². The van der Waals surface area contributed by atoms with E-state index in [4.69, 9.17) is 9.47 Å². The molecule has 0 bridgehead atoms. The molecule has 3 nitrogen and oxygen atoms in total. The predicted molar refractivity (Wildman–Crippen MR) is 29.0 cm³/mol. The van der Waals surface area contributed by atoms with Gasteiger partial charge in [-0.15, -0.1) is 0 Å². The first-order valence-electron chi connectivity index (χ1n) is 2.47. The van der Waals surface area contributed by atoms with Crippen molar-refractivity contribution in [3.63, 3.8) is 0 Å². The minimum Gasteiger partial charge on any atom is -0.469 e. The van der Waals surface area contributed by atoms with Crippen molar-refractivity contribution < 1.29 is 9.47 Å². The SMILES string of the molecule is C=COC1OC1NC. The Hall–Kier alpha value is -0.540. The minimum absolute atomic E-state index is 0.0769. The Morgan fingerprint density at radius 3 is 3.00 bits per heavy atom. The number of ether oxygens (including phenoxy) is 2. The number of nitrogens with one attached hydrogen (secondary N) is 1. The lowest BCUT2D eigenvalue weighted by atomic mass is 10.7. The van der Waals surface area contributed by atoms with Gasteiger partial charge in [-0.05, 0) is 7.05 Å². The smallest absolute Gasteiger partial charge is 0.240 e. The summed E-state index contributed by atoms with van der Waals surface area (Å²) in [4.78, 5) is 0. The van der Waals surface area contributed by atoms with Crippen LogP contribution >= 0.6 is 0 Å². The summed E-state index contributed by atoms with van der Waals surface area (Å²) in [6, 6.07) is 0. The summed E-state index contributed by atoms with van der Waals surface area (Å²) in [5, 5.41) is 2.88. The van der Waals surface area contributed by atoms with E-state index in [1.165, 1.54) is 6.26 Å². The van der Waals surface area contributed by atoms with Crippen molar-refractivity contribution in [2.24, 2.45) is 0 Å². The van der Waals surface area contributed by atoms with Crippen LogP contribution in [0, 0.1) is 0 Å². The van der Waals surface area contributed by atoms with E-state index < -0.39 is 0 Å². The number of hydrogen-bond donors (Lipinski definition) is 1. The van der Waals surface area contributed by atoms with Gasteiger partial charge in [0.1, 0.15) is 0 Å². The number of rotatable bonds is 3. The van der Waals surface area contributed by atoms with Crippen LogP contribution in [0.25, 0.3) is 0 Å². The molecular formula is C5H9NO2. The van der Waals surface area contributed by atoms with Crippen molar-refractivity contribution >= 4 is 0 Å². The van der Waals surface area contributed by atoms with Crippen LogP contribution in [-0.4, -0.2) is 19.6 Å². The van der Waals surface area contributed by atoms with Gasteiger partial charge in [0.25, 0.3) is 0 Å². The third-order valence-corrected chi connectivity index (χ3v) is 0.966. The van der Waals surface area contributed by atoms with E-state index in [2.05, 4.69) is 11.9 Å². The fourth-order valence-corrected chi connectivity index (χ4v) is 0.502. The maximum absolute atomic E-state index is 4.90. The van der Waals surface area contributed by atoms with Crippen LogP contribution in [-0.2, 0) is 9.47 Å². The van der Waals surface area contributed by atoms with Crippen molar-refractivity contribution in [3.05, 3.63) is 12.8 Å². The van der Waals surface area contributed by atoms with Gasteiger partial charge in [0, 0.05) is 0 Å². The molecule has 1 fully saturated rings. The highest BCUT2D eigenvalue weighted by Crippen LogP contribution is 2.19. The summed E-state index contributed by atoms with van der Waals surface area (Å²) in [6.07, 6.45) is 1.35. The first kappa shape index (κ1) is 5.59. The highest BCUT2D eigenvalue weighted by atomic mass is 16.8. The maximum atomic E-state index is 4.90. The van der Waals surface area contributed by atoms with Gasteiger partial charge in [0.2, 0.25) is 6.29 Å². The van der Waals surface area contributed by atoms with Crippen molar-refractivity contribution in [2.45, 2.75) is 12.5 Å². The third-order valence-electron chi connectivity index (χ3n) is 0.966. The molecule has 1 aliphatic rings. The Morgan fingerprint density at radius 1 is 1.88 bits per heavy atom.